The standard InChI is InChI=1S/C11H12N2O3/c1-2-10(14)12-6-7-3-4-8-9(5-7)16-11(15)13-8/h3-5H,2,6H2,1H3,(H,12,14)(H,13,15). The van der Waals surface area contributed by atoms with E-state index in [-0.39, 0.29) is 5.91 Å². The molecule has 5 nitrogen and oxygen atoms in total. The molecule has 2 rings (SSSR count). The summed E-state index contributed by atoms with van der Waals surface area (Å²) in [7, 11) is 0. The summed E-state index contributed by atoms with van der Waals surface area (Å²) in [6.45, 7) is 2.24. The molecule has 2 aromatic rings. The highest BCUT2D eigenvalue weighted by Gasteiger charge is 2.03. The third kappa shape index (κ3) is 2.13. The number of aromatic nitrogens is 1. The van der Waals surface area contributed by atoms with Gasteiger partial charge in [0.05, 0.1) is 5.52 Å². The molecule has 0 aliphatic heterocycles. The molecule has 0 spiro atoms. The molecule has 0 aliphatic rings. The molecule has 0 radical (unpaired) electrons. The normalized spacial score (nSPS) is 10.6. The van der Waals surface area contributed by atoms with Crippen LogP contribution in [0.5, 0.6) is 0 Å². The Morgan fingerprint density at radius 2 is 2.31 bits per heavy atom. The van der Waals surface area contributed by atoms with E-state index in [1.54, 1.807) is 19.1 Å². The van der Waals surface area contributed by atoms with Crippen LogP contribution in [0.25, 0.3) is 11.1 Å². The molecule has 0 saturated heterocycles. The highest BCUT2D eigenvalue weighted by atomic mass is 16.4. The second-order valence-electron chi connectivity index (χ2n) is 3.48. The van der Waals surface area contributed by atoms with Crippen LogP contribution in [-0.2, 0) is 11.3 Å². The first-order valence-electron chi connectivity index (χ1n) is 5.07. The van der Waals surface area contributed by atoms with Gasteiger partial charge in [0.1, 0.15) is 0 Å². The minimum absolute atomic E-state index is 0.00406. The zero-order valence-electron chi connectivity index (χ0n) is 8.87. The van der Waals surface area contributed by atoms with Crippen LogP contribution < -0.4 is 11.1 Å². The molecular formula is C11H12N2O3. The Kier molecular flexibility index (Phi) is 2.76. The minimum Gasteiger partial charge on any atom is -0.408 e. The van der Waals surface area contributed by atoms with Crippen molar-refractivity contribution in [2.45, 2.75) is 19.9 Å². The first-order chi connectivity index (χ1) is 7.69. The zero-order valence-corrected chi connectivity index (χ0v) is 8.87. The number of fused-ring (bicyclic) bond motifs is 1. The lowest BCUT2D eigenvalue weighted by molar-refractivity contribution is -0.120. The topological polar surface area (TPSA) is 75.1 Å². The molecule has 1 heterocycles. The summed E-state index contributed by atoms with van der Waals surface area (Å²) >= 11 is 0. The van der Waals surface area contributed by atoms with Gasteiger partial charge in [0.15, 0.2) is 5.58 Å². The second-order valence-corrected chi connectivity index (χ2v) is 3.48. The molecule has 5 heteroatoms. The third-order valence-electron chi connectivity index (χ3n) is 2.30. The van der Waals surface area contributed by atoms with Crippen LogP contribution >= 0.6 is 0 Å². The van der Waals surface area contributed by atoms with Gasteiger partial charge >= 0.3 is 5.76 Å². The van der Waals surface area contributed by atoms with Crippen molar-refractivity contribution < 1.29 is 9.21 Å². The number of aromatic amines is 1. The molecule has 0 saturated carbocycles. The van der Waals surface area contributed by atoms with Gasteiger partial charge in [-0.25, -0.2) is 4.79 Å². The fraction of sp³-hybridized carbons (Fsp3) is 0.273. The number of carbonyl (C=O) groups excluding carboxylic acids is 1. The van der Waals surface area contributed by atoms with E-state index in [4.69, 9.17) is 4.42 Å². The smallest absolute Gasteiger partial charge is 0.408 e. The molecule has 0 fully saturated rings. The van der Waals surface area contributed by atoms with E-state index in [1.165, 1.54) is 0 Å². The van der Waals surface area contributed by atoms with E-state index in [0.717, 1.165) is 5.56 Å². The lowest BCUT2D eigenvalue weighted by atomic mass is 10.2. The Morgan fingerprint density at radius 3 is 3.06 bits per heavy atom. The monoisotopic (exact) mass is 220 g/mol. The largest absolute Gasteiger partial charge is 0.417 e. The summed E-state index contributed by atoms with van der Waals surface area (Å²) in [5.74, 6) is -0.472. The van der Waals surface area contributed by atoms with Gasteiger partial charge in [-0.2, -0.15) is 0 Å². The van der Waals surface area contributed by atoms with Crippen molar-refractivity contribution in [1.82, 2.24) is 10.3 Å². The molecule has 0 aliphatic carbocycles. The van der Waals surface area contributed by atoms with E-state index in [0.29, 0.717) is 24.1 Å². The first kappa shape index (κ1) is 10.5. The molecule has 84 valence electrons. The number of rotatable bonds is 3. The Balaban J connectivity index is 2.19. The second kappa shape index (κ2) is 4.22. The maximum atomic E-state index is 11.1. The maximum absolute atomic E-state index is 11.1. The highest BCUT2D eigenvalue weighted by molar-refractivity contribution is 5.76. The van der Waals surface area contributed by atoms with Gasteiger partial charge in [-0.05, 0) is 17.7 Å². The van der Waals surface area contributed by atoms with E-state index < -0.39 is 5.76 Å². The summed E-state index contributed by atoms with van der Waals surface area (Å²) < 4.78 is 4.92. The lowest BCUT2D eigenvalue weighted by Gasteiger charge is -2.02. The van der Waals surface area contributed by atoms with E-state index in [2.05, 4.69) is 10.3 Å². The number of hydrogen-bond donors (Lipinski definition) is 2. The van der Waals surface area contributed by atoms with Gasteiger partial charge in [-0.1, -0.05) is 13.0 Å². The van der Waals surface area contributed by atoms with Crippen molar-refractivity contribution in [3.63, 3.8) is 0 Å². The summed E-state index contributed by atoms with van der Waals surface area (Å²) in [5.41, 5.74) is 2.07. The first-order valence-corrected chi connectivity index (χ1v) is 5.07. The lowest BCUT2D eigenvalue weighted by Crippen LogP contribution is -2.21. The quantitative estimate of drug-likeness (QED) is 0.814. The van der Waals surface area contributed by atoms with Gasteiger partial charge in [0, 0.05) is 13.0 Å². The van der Waals surface area contributed by atoms with Crippen LogP contribution in [0.4, 0.5) is 0 Å². The van der Waals surface area contributed by atoms with E-state index in [9.17, 15) is 9.59 Å². The Morgan fingerprint density at radius 1 is 1.50 bits per heavy atom. The van der Waals surface area contributed by atoms with Gasteiger partial charge < -0.3 is 9.73 Å². The molecule has 0 unspecified atom stereocenters. The van der Waals surface area contributed by atoms with Gasteiger partial charge in [-0.3, -0.25) is 9.78 Å². The van der Waals surface area contributed by atoms with Crippen LogP contribution in [0.3, 0.4) is 0 Å². The van der Waals surface area contributed by atoms with Gasteiger partial charge in [-0.15, -0.1) is 0 Å². The maximum Gasteiger partial charge on any atom is 0.417 e. The van der Waals surface area contributed by atoms with Crippen LogP contribution in [-0.4, -0.2) is 10.9 Å². The number of oxazole rings is 1. The molecule has 0 bridgehead atoms. The average molecular weight is 220 g/mol. The van der Waals surface area contributed by atoms with Crippen molar-refractivity contribution in [1.29, 1.82) is 0 Å². The van der Waals surface area contributed by atoms with Crippen LogP contribution in [0, 0.1) is 0 Å². The van der Waals surface area contributed by atoms with Gasteiger partial charge in [0.25, 0.3) is 0 Å². The molecule has 1 aromatic heterocycles. The summed E-state index contributed by atoms with van der Waals surface area (Å²) in [4.78, 5) is 24.5. The molecule has 16 heavy (non-hydrogen) atoms. The zero-order chi connectivity index (χ0) is 11.5. The van der Waals surface area contributed by atoms with Crippen molar-refractivity contribution in [3.8, 4) is 0 Å². The Bertz CT molecular complexity index is 568. The summed E-state index contributed by atoms with van der Waals surface area (Å²) in [6.07, 6.45) is 0.460. The summed E-state index contributed by atoms with van der Waals surface area (Å²) in [5, 5.41) is 2.75. The number of hydrogen-bond acceptors (Lipinski definition) is 3. The predicted molar refractivity (Wildman–Crippen MR) is 59.0 cm³/mol. The van der Waals surface area contributed by atoms with E-state index in [1.807, 2.05) is 6.07 Å². The number of benzene rings is 1. The summed E-state index contributed by atoms with van der Waals surface area (Å²) in [6, 6.07) is 5.33. The Hall–Kier alpha value is -2.04. The van der Waals surface area contributed by atoms with Crippen molar-refractivity contribution in [3.05, 3.63) is 34.3 Å². The molecular weight excluding hydrogens is 208 g/mol. The van der Waals surface area contributed by atoms with Crippen molar-refractivity contribution in [2.24, 2.45) is 0 Å². The van der Waals surface area contributed by atoms with Crippen molar-refractivity contribution in [2.75, 3.05) is 0 Å². The molecule has 1 aromatic carbocycles. The minimum atomic E-state index is -0.468. The fourth-order valence-electron chi connectivity index (χ4n) is 1.43. The van der Waals surface area contributed by atoms with E-state index >= 15 is 0 Å². The third-order valence-corrected chi connectivity index (χ3v) is 2.30. The predicted octanol–water partition coefficient (Wildman–Crippen LogP) is 1.15. The highest BCUT2D eigenvalue weighted by Crippen LogP contribution is 2.11. The molecule has 1 amide bonds. The number of H-pyrrole nitrogens is 1. The van der Waals surface area contributed by atoms with Crippen LogP contribution in [0.2, 0.25) is 0 Å². The van der Waals surface area contributed by atoms with Gasteiger partial charge in [0.2, 0.25) is 5.91 Å². The number of nitrogens with one attached hydrogen (secondary N) is 2. The van der Waals surface area contributed by atoms with Crippen LogP contribution in [0.1, 0.15) is 18.9 Å². The number of carbonyl (C=O) groups is 1. The Labute approximate surface area is 91.5 Å². The van der Waals surface area contributed by atoms with Crippen molar-refractivity contribution >= 4 is 17.0 Å². The molecule has 2 N–H and O–H groups in total. The number of amides is 1. The fourth-order valence-corrected chi connectivity index (χ4v) is 1.43. The SMILES string of the molecule is CCC(=O)NCc1ccc2[nH]c(=O)oc2c1. The molecule has 0 atom stereocenters. The van der Waals surface area contributed by atoms with Crippen LogP contribution in [0.15, 0.2) is 27.4 Å². The average Bonchev–Trinajstić information content (AvgIpc) is 2.65.